The minimum Gasteiger partial charge on any atom is -0.338 e. The second-order valence-electron chi connectivity index (χ2n) is 6.83. The summed E-state index contributed by atoms with van der Waals surface area (Å²) in [5.41, 5.74) is 3.42. The van der Waals surface area contributed by atoms with Crippen LogP contribution >= 0.6 is 24.0 Å². The molecule has 0 saturated heterocycles. The Bertz CT molecular complexity index is 911. The van der Waals surface area contributed by atoms with Crippen molar-refractivity contribution in [1.82, 2.24) is 5.32 Å². The monoisotopic (exact) mass is 395 g/mol. The van der Waals surface area contributed by atoms with Crippen molar-refractivity contribution in [3.05, 3.63) is 82.6 Å². The quantitative estimate of drug-likeness (QED) is 0.566. The van der Waals surface area contributed by atoms with Crippen molar-refractivity contribution in [2.75, 3.05) is 0 Å². The molecule has 0 saturated carbocycles. The number of hydrogen-bond acceptors (Lipinski definition) is 4. The maximum absolute atomic E-state index is 12.8. The number of benzene rings is 2. The van der Waals surface area contributed by atoms with Crippen LogP contribution in [-0.2, 0) is 4.79 Å². The van der Waals surface area contributed by atoms with Crippen molar-refractivity contribution in [3.63, 3.8) is 0 Å². The van der Waals surface area contributed by atoms with Gasteiger partial charge in [-0.05, 0) is 59.5 Å². The van der Waals surface area contributed by atoms with Crippen molar-refractivity contribution in [2.45, 2.75) is 24.6 Å². The smallest absolute Gasteiger partial charge is 0.252 e. The lowest BCUT2D eigenvalue weighted by molar-refractivity contribution is -0.122. The maximum atomic E-state index is 12.8. The molecule has 0 radical (unpaired) electrons. The Labute approximate surface area is 168 Å². The average molecular weight is 396 g/mol. The van der Waals surface area contributed by atoms with E-state index in [9.17, 15) is 9.59 Å². The molecule has 0 unspecified atom stereocenters. The normalized spacial score (nSPS) is 12.4. The van der Waals surface area contributed by atoms with E-state index in [-0.39, 0.29) is 11.7 Å². The van der Waals surface area contributed by atoms with Gasteiger partial charge < -0.3 is 5.32 Å². The van der Waals surface area contributed by atoms with Crippen LogP contribution in [0.15, 0.2) is 71.4 Å². The standard InChI is InChI=1S/C22H21NO2S2/c1-22(2,26)20(24)19(18-12-13-27-14-18)23-21(25)17-10-8-16(9-11-17)15-6-4-3-5-7-15/h3-14,19,26H,1-2H3,(H,23,25)/t19-/m0/s1. The van der Waals surface area contributed by atoms with E-state index in [2.05, 4.69) is 17.9 Å². The van der Waals surface area contributed by atoms with Gasteiger partial charge >= 0.3 is 0 Å². The Kier molecular flexibility index (Phi) is 5.82. The van der Waals surface area contributed by atoms with Crippen molar-refractivity contribution in [2.24, 2.45) is 0 Å². The second-order valence-corrected chi connectivity index (χ2v) is 8.73. The van der Waals surface area contributed by atoms with Gasteiger partial charge in [0.2, 0.25) is 0 Å². The molecule has 1 heterocycles. The molecule has 1 amide bonds. The number of rotatable bonds is 6. The third-order valence-electron chi connectivity index (χ3n) is 4.27. The molecule has 138 valence electrons. The van der Waals surface area contributed by atoms with E-state index in [0.29, 0.717) is 5.56 Å². The van der Waals surface area contributed by atoms with Gasteiger partial charge in [-0.25, -0.2) is 0 Å². The molecule has 3 aromatic rings. The van der Waals surface area contributed by atoms with Gasteiger partial charge in [0.15, 0.2) is 5.78 Å². The molecule has 0 aliphatic carbocycles. The van der Waals surface area contributed by atoms with Gasteiger partial charge in [0.25, 0.3) is 5.91 Å². The zero-order valence-corrected chi connectivity index (χ0v) is 16.9. The van der Waals surface area contributed by atoms with Crippen LogP contribution in [0, 0.1) is 0 Å². The fourth-order valence-corrected chi connectivity index (χ4v) is 3.57. The molecule has 0 aliphatic rings. The Hall–Kier alpha value is -2.37. The van der Waals surface area contributed by atoms with Gasteiger partial charge in [0, 0.05) is 5.56 Å². The molecule has 0 spiro atoms. The van der Waals surface area contributed by atoms with Gasteiger partial charge in [0.1, 0.15) is 6.04 Å². The summed E-state index contributed by atoms with van der Waals surface area (Å²) in [6, 6.07) is 18.5. The van der Waals surface area contributed by atoms with Crippen molar-refractivity contribution in [3.8, 4) is 11.1 Å². The summed E-state index contributed by atoms with van der Waals surface area (Å²) in [7, 11) is 0. The number of nitrogens with one attached hydrogen (secondary N) is 1. The van der Waals surface area contributed by atoms with Gasteiger partial charge in [0.05, 0.1) is 4.75 Å². The molecule has 0 bridgehead atoms. The third kappa shape index (κ3) is 4.67. The molecule has 1 atom stereocenters. The first kappa shape index (κ1) is 19.4. The number of carbonyl (C=O) groups is 2. The summed E-state index contributed by atoms with van der Waals surface area (Å²) in [4.78, 5) is 25.5. The Morgan fingerprint density at radius 3 is 2.15 bits per heavy atom. The second kappa shape index (κ2) is 8.11. The average Bonchev–Trinajstić information content (AvgIpc) is 3.20. The SMILES string of the molecule is CC(C)(S)C(=O)[C@@H](NC(=O)c1ccc(-c2ccccc2)cc1)c1ccsc1. The van der Waals surface area contributed by atoms with E-state index < -0.39 is 10.8 Å². The molecular weight excluding hydrogens is 374 g/mol. The molecule has 0 aliphatic heterocycles. The van der Waals surface area contributed by atoms with E-state index in [1.54, 1.807) is 26.0 Å². The number of thiol groups is 1. The third-order valence-corrected chi connectivity index (χ3v) is 5.19. The van der Waals surface area contributed by atoms with Crippen molar-refractivity contribution >= 4 is 35.7 Å². The van der Waals surface area contributed by atoms with Crippen LogP contribution < -0.4 is 5.32 Å². The van der Waals surface area contributed by atoms with E-state index in [4.69, 9.17) is 0 Å². The van der Waals surface area contributed by atoms with E-state index in [1.165, 1.54) is 11.3 Å². The van der Waals surface area contributed by atoms with Gasteiger partial charge in [-0.2, -0.15) is 24.0 Å². The number of ketones is 1. The lowest BCUT2D eigenvalue weighted by Crippen LogP contribution is -2.41. The van der Waals surface area contributed by atoms with Crippen LogP contribution in [-0.4, -0.2) is 16.4 Å². The molecule has 27 heavy (non-hydrogen) atoms. The first-order valence-electron chi connectivity index (χ1n) is 8.61. The van der Waals surface area contributed by atoms with Gasteiger partial charge in [-0.3, -0.25) is 9.59 Å². The maximum Gasteiger partial charge on any atom is 0.252 e. The molecule has 5 heteroatoms. The van der Waals surface area contributed by atoms with Gasteiger partial charge in [-0.15, -0.1) is 0 Å². The summed E-state index contributed by atoms with van der Waals surface area (Å²) >= 11 is 5.88. The Morgan fingerprint density at radius 2 is 1.59 bits per heavy atom. The highest BCUT2D eigenvalue weighted by Crippen LogP contribution is 2.26. The Balaban J connectivity index is 1.81. The zero-order chi connectivity index (χ0) is 19.4. The van der Waals surface area contributed by atoms with Crippen molar-refractivity contribution < 1.29 is 9.59 Å². The van der Waals surface area contributed by atoms with Crippen LogP contribution in [0.25, 0.3) is 11.1 Å². The Morgan fingerprint density at radius 1 is 0.963 bits per heavy atom. The molecule has 3 rings (SSSR count). The number of amides is 1. The highest BCUT2D eigenvalue weighted by molar-refractivity contribution is 7.82. The summed E-state index contributed by atoms with van der Waals surface area (Å²) in [5.74, 6) is -0.421. The number of thiophene rings is 1. The largest absolute Gasteiger partial charge is 0.338 e. The summed E-state index contributed by atoms with van der Waals surface area (Å²) in [6.45, 7) is 3.47. The van der Waals surface area contributed by atoms with Crippen molar-refractivity contribution in [1.29, 1.82) is 0 Å². The molecule has 1 N–H and O–H groups in total. The molecule has 2 aromatic carbocycles. The topological polar surface area (TPSA) is 46.2 Å². The first-order chi connectivity index (χ1) is 12.9. The van der Waals surface area contributed by atoms with Crippen LogP contribution in [0.3, 0.4) is 0 Å². The van der Waals surface area contributed by atoms with Crippen LogP contribution in [0.5, 0.6) is 0 Å². The van der Waals surface area contributed by atoms with Crippen LogP contribution in [0.1, 0.15) is 35.8 Å². The summed E-state index contributed by atoms with van der Waals surface area (Å²) < 4.78 is -0.850. The number of hydrogen-bond donors (Lipinski definition) is 2. The molecule has 1 aromatic heterocycles. The van der Waals surface area contributed by atoms with E-state index in [0.717, 1.165) is 16.7 Å². The van der Waals surface area contributed by atoms with Crippen LogP contribution in [0.2, 0.25) is 0 Å². The fourth-order valence-electron chi connectivity index (χ4n) is 2.75. The van der Waals surface area contributed by atoms with Crippen LogP contribution in [0.4, 0.5) is 0 Å². The molecular formula is C22H21NO2S2. The predicted molar refractivity (Wildman–Crippen MR) is 114 cm³/mol. The molecule has 0 fully saturated rings. The minimum absolute atomic E-state index is 0.140. The first-order valence-corrected chi connectivity index (χ1v) is 10.0. The lowest BCUT2D eigenvalue weighted by atomic mass is 9.96. The van der Waals surface area contributed by atoms with E-state index >= 15 is 0 Å². The highest BCUT2D eigenvalue weighted by Gasteiger charge is 2.33. The number of carbonyl (C=O) groups excluding carboxylic acids is 2. The predicted octanol–water partition coefficient (Wildman–Crippen LogP) is 5.16. The summed E-state index contributed by atoms with van der Waals surface area (Å²) in [6.07, 6.45) is 0. The molecule has 3 nitrogen and oxygen atoms in total. The van der Waals surface area contributed by atoms with E-state index in [1.807, 2.05) is 59.3 Å². The fraction of sp³-hybridized carbons (Fsp3) is 0.182. The summed E-state index contributed by atoms with van der Waals surface area (Å²) in [5, 5.41) is 6.64. The number of Topliss-reactive ketones (excluding diaryl/α,β-unsaturated/α-hetero) is 1. The minimum atomic E-state index is -0.850. The highest BCUT2D eigenvalue weighted by atomic mass is 32.1. The van der Waals surface area contributed by atoms with Gasteiger partial charge in [-0.1, -0.05) is 42.5 Å². The lowest BCUT2D eigenvalue weighted by Gasteiger charge is -2.24. The zero-order valence-electron chi connectivity index (χ0n) is 15.2.